The summed E-state index contributed by atoms with van der Waals surface area (Å²) in [5.41, 5.74) is 2.08. The van der Waals surface area contributed by atoms with E-state index < -0.39 is 0 Å². The second kappa shape index (κ2) is 9.03. The van der Waals surface area contributed by atoms with Gasteiger partial charge in [0.25, 0.3) is 5.91 Å². The van der Waals surface area contributed by atoms with Crippen LogP contribution in [0.5, 0.6) is 5.75 Å². The van der Waals surface area contributed by atoms with Crippen LogP contribution in [0.2, 0.25) is 5.02 Å². The highest BCUT2D eigenvalue weighted by molar-refractivity contribution is 7.80. The van der Waals surface area contributed by atoms with Gasteiger partial charge in [-0.3, -0.25) is 4.79 Å². The average molecular weight is 406 g/mol. The molecular formula is C19H20ClN3O3S. The third kappa shape index (κ3) is 5.09. The summed E-state index contributed by atoms with van der Waals surface area (Å²) in [6, 6.07) is 12.4. The molecule has 1 saturated heterocycles. The summed E-state index contributed by atoms with van der Waals surface area (Å²) in [7, 11) is 1.58. The van der Waals surface area contributed by atoms with Crippen molar-refractivity contribution in [2.45, 2.75) is 0 Å². The zero-order valence-corrected chi connectivity index (χ0v) is 16.4. The largest absolute Gasteiger partial charge is 0.495 e. The maximum atomic E-state index is 12.5. The lowest BCUT2D eigenvalue weighted by Gasteiger charge is -2.26. The van der Waals surface area contributed by atoms with Crippen molar-refractivity contribution in [2.24, 2.45) is 0 Å². The maximum absolute atomic E-state index is 12.5. The Morgan fingerprint density at radius 3 is 2.52 bits per heavy atom. The summed E-state index contributed by atoms with van der Waals surface area (Å²) < 4.78 is 10.6. The van der Waals surface area contributed by atoms with Crippen LogP contribution in [0, 0.1) is 0 Å². The number of nitrogens with one attached hydrogen (secondary N) is 2. The van der Waals surface area contributed by atoms with Crippen molar-refractivity contribution >= 4 is 46.2 Å². The molecule has 0 bridgehead atoms. The minimum absolute atomic E-state index is 0.00853. The van der Waals surface area contributed by atoms with Gasteiger partial charge in [0.1, 0.15) is 5.75 Å². The van der Waals surface area contributed by atoms with Crippen LogP contribution in [0.4, 0.5) is 11.4 Å². The first kappa shape index (κ1) is 19.4. The molecule has 2 aromatic carbocycles. The highest BCUT2D eigenvalue weighted by atomic mass is 35.5. The first-order chi connectivity index (χ1) is 13.1. The fourth-order valence-corrected chi connectivity index (χ4v) is 3.11. The highest BCUT2D eigenvalue weighted by Gasteiger charge is 2.18. The van der Waals surface area contributed by atoms with Crippen LogP contribution < -0.4 is 15.4 Å². The van der Waals surface area contributed by atoms with Crippen molar-refractivity contribution in [3.8, 4) is 5.75 Å². The van der Waals surface area contributed by atoms with Crippen LogP contribution in [0.25, 0.3) is 0 Å². The Morgan fingerprint density at radius 2 is 1.85 bits per heavy atom. The van der Waals surface area contributed by atoms with Crippen LogP contribution >= 0.6 is 23.8 Å². The van der Waals surface area contributed by atoms with Crippen molar-refractivity contribution < 1.29 is 14.3 Å². The van der Waals surface area contributed by atoms with E-state index in [1.54, 1.807) is 42.3 Å². The number of carbonyl (C=O) groups excluding carboxylic acids is 1. The van der Waals surface area contributed by atoms with Crippen molar-refractivity contribution in [3.05, 3.63) is 53.1 Å². The number of halogens is 1. The van der Waals surface area contributed by atoms with E-state index in [1.165, 1.54) is 0 Å². The van der Waals surface area contributed by atoms with Gasteiger partial charge in [0, 0.05) is 29.4 Å². The molecule has 2 N–H and O–H groups in total. The van der Waals surface area contributed by atoms with Crippen LogP contribution in [0.1, 0.15) is 10.4 Å². The van der Waals surface area contributed by atoms with Gasteiger partial charge in [-0.25, -0.2) is 0 Å². The molecule has 1 aliphatic rings. The molecule has 6 nitrogen and oxygen atoms in total. The van der Waals surface area contributed by atoms with Crippen molar-refractivity contribution in [3.63, 3.8) is 0 Å². The second-order valence-corrected chi connectivity index (χ2v) is 6.75. The Hall–Kier alpha value is -2.35. The zero-order valence-electron chi connectivity index (χ0n) is 14.8. The number of nitrogens with zero attached hydrogens (tertiary/aromatic N) is 1. The molecule has 0 unspecified atom stereocenters. The monoisotopic (exact) mass is 405 g/mol. The summed E-state index contributed by atoms with van der Waals surface area (Å²) in [4.78, 5) is 14.3. The lowest BCUT2D eigenvalue weighted by atomic mass is 10.1. The summed E-state index contributed by atoms with van der Waals surface area (Å²) in [6.45, 7) is 2.40. The summed E-state index contributed by atoms with van der Waals surface area (Å²) in [6.07, 6.45) is 0. The summed E-state index contributed by atoms with van der Waals surface area (Å²) >= 11 is 11.4. The van der Waals surface area contributed by atoms with Crippen LogP contribution in [0.3, 0.4) is 0 Å². The van der Waals surface area contributed by atoms with E-state index >= 15 is 0 Å². The first-order valence-electron chi connectivity index (χ1n) is 8.45. The van der Waals surface area contributed by atoms with E-state index in [1.807, 2.05) is 12.1 Å². The molecule has 0 aromatic heterocycles. The fraction of sp³-hybridized carbons (Fsp3) is 0.263. The zero-order chi connectivity index (χ0) is 19.2. The van der Waals surface area contributed by atoms with E-state index in [2.05, 4.69) is 10.6 Å². The Balaban J connectivity index is 1.62. The average Bonchev–Trinajstić information content (AvgIpc) is 2.69. The number of hydrogen-bond acceptors (Lipinski definition) is 4. The summed E-state index contributed by atoms with van der Waals surface area (Å²) in [5, 5.41) is 7.11. The molecule has 0 spiro atoms. The number of hydrogen-bond donors (Lipinski definition) is 2. The Bertz CT molecular complexity index is 823. The molecule has 1 fully saturated rings. The number of benzene rings is 2. The van der Waals surface area contributed by atoms with Crippen molar-refractivity contribution in [2.75, 3.05) is 44.0 Å². The molecule has 0 aliphatic carbocycles. The molecule has 0 radical (unpaired) electrons. The molecule has 142 valence electrons. The smallest absolute Gasteiger partial charge is 0.254 e. The van der Waals surface area contributed by atoms with Crippen molar-refractivity contribution in [1.29, 1.82) is 0 Å². The minimum Gasteiger partial charge on any atom is -0.495 e. The van der Waals surface area contributed by atoms with Gasteiger partial charge in [-0.15, -0.1) is 0 Å². The molecule has 1 heterocycles. The van der Waals surface area contributed by atoms with Crippen LogP contribution in [-0.2, 0) is 4.74 Å². The van der Waals surface area contributed by atoms with E-state index in [0.717, 1.165) is 5.69 Å². The maximum Gasteiger partial charge on any atom is 0.254 e. The number of methoxy groups -OCH3 is 1. The van der Waals surface area contributed by atoms with Crippen molar-refractivity contribution in [1.82, 2.24) is 4.90 Å². The minimum atomic E-state index is 0.00853. The van der Waals surface area contributed by atoms with Gasteiger partial charge in [-0.1, -0.05) is 11.6 Å². The number of thiocarbonyl (C=S) groups is 1. The van der Waals surface area contributed by atoms with E-state index in [0.29, 0.717) is 53.4 Å². The molecule has 0 saturated carbocycles. The normalized spacial score (nSPS) is 13.8. The van der Waals surface area contributed by atoms with Gasteiger partial charge >= 0.3 is 0 Å². The van der Waals surface area contributed by atoms with Gasteiger partial charge in [0.2, 0.25) is 0 Å². The third-order valence-electron chi connectivity index (χ3n) is 4.10. The Morgan fingerprint density at radius 1 is 1.15 bits per heavy atom. The van der Waals surface area contributed by atoms with Gasteiger partial charge in [0.15, 0.2) is 5.11 Å². The van der Waals surface area contributed by atoms with E-state index in [9.17, 15) is 4.79 Å². The second-order valence-electron chi connectivity index (χ2n) is 5.91. The van der Waals surface area contributed by atoms with E-state index in [-0.39, 0.29) is 5.91 Å². The number of amides is 1. The van der Waals surface area contributed by atoms with Crippen LogP contribution in [-0.4, -0.2) is 49.3 Å². The Kier molecular flexibility index (Phi) is 6.49. The Labute approximate surface area is 168 Å². The predicted octanol–water partition coefficient (Wildman–Crippen LogP) is 3.63. The first-order valence-corrected chi connectivity index (χ1v) is 9.24. The number of morpholine rings is 1. The quantitative estimate of drug-likeness (QED) is 0.757. The van der Waals surface area contributed by atoms with Gasteiger partial charge in [-0.2, -0.15) is 0 Å². The molecule has 1 aliphatic heterocycles. The van der Waals surface area contributed by atoms with Gasteiger partial charge < -0.3 is 25.0 Å². The molecule has 3 rings (SSSR count). The molecular weight excluding hydrogens is 386 g/mol. The van der Waals surface area contributed by atoms with Gasteiger partial charge in [0.05, 0.1) is 26.0 Å². The number of rotatable bonds is 4. The summed E-state index contributed by atoms with van der Waals surface area (Å²) in [5.74, 6) is 0.643. The topological polar surface area (TPSA) is 62.8 Å². The predicted molar refractivity (Wildman–Crippen MR) is 111 cm³/mol. The lowest BCUT2D eigenvalue weighted by Crippen LogP contribution is -2.40. The molecule has 1 amide bonds. The molecule has 8 heteroatoms. The lowest BCUT2D eigenvalue weighted by molar-refractivity contribution is 0.0303. The standard InChI is InChI=1S/C19H20ClN3O3S/c1-25-17-7-4-14(20)12-16(17)22-19(27)21-15-5-2-13(3-6-15)18(24)23-8-10-26-11-9-23/h2-7,12H,8-11H2,1H3,(H2,21,22,27). The molecule has 0 atom stereocenters. The number of carbonyl (C=O) groups is 1. The highest BCUT2D eigenvalue weighted by Crippen LogP contribution is 2.27. The number of anilines is 2. The third-order valence-corrected chi connectivity index (χ3v) is 4.54. The van der Waals surface area contributed by atoms with Crippen LogP contribution in [0.15, 0.2) is 42.5 Å². The molecule has 2 aromatic rings. The molecule has 27 heavy (non-hydrogen) atoms. The fourth-order valence-electron chi connectivity index (χ4n) is 2.71. The van der Waals surface area contributed by atoms with E-state index in [4.69, 9.17) is 33.3 Å². The number of ether oxygens (including phenoxy) is 2. The van der Waals surface area contributed by atoms with Gasteiger partial charge in [-0.05, 0) is 54.7 Å². The SMILES string of the molecule is COc1ccc(Cl)cc1NC(=S)Nc1ccc(C(=O)N2CCOCC2)cc1.